The van der Waals surface area contributed by atoms with Crippen LogP contribution in [0, 0.1) is 0 Å². The summed E-state index contributed by atoms with van der Waals surface area (Å²) in [5.74, 6) is -0.0417. The van der Waals surface area contributed by atoms with E-state index < -0.39 is 10.0 Å². The van der Waals surface area contributed by atoms with Crippen molar-refractivity contribution in [2.45, 2.75) is 19.4 Å². The smallest absolute Gasteiger partial charge is 0.211 e. The predicted molar refractivity (Wildman–Crippen MR) is 50.0 cm³/mol. The van der Waals surface area contributed by atoms with Crippen molar-refractivity contribution in [1.82, 2.24) is 4.72 Å². The third-order valence-electron chi connectivity index (χ3n) is 1.56. The minimum atomic E-state index is -3.24. The van der Waals surface area contributed by atoms with Gasteiger partial charge in [-0.15, -0.1) is 0 Å². The lowest BCUT2D eigenvalue weighted by Crippen LogP contribution is -2.33. The van der Waals surface area contributed by atoms with E-state index in [9.17, 15) is 8.42 Å². The van der Waals surface area contributed by atoms with Gasteiger partial charge in [0.1, 0.15) is 0 Å². The number of nitrogens with one attached hydrogen (secondary N) is 1. The molecule has 0 amide bonds. The molecule has 0 saturated heterocycles. The topological polar surface area (TPSA) is 75.6 Å². The maximum absolute atomic E-state index is 11.1. The molecule has 0 bridgehead atoms. The quantitative estimate of drug-likeness (QED) is 0.585. The van der Waals surface area contributed by atoms with Crippen molar-refractivity contribution in [3.8, 4) is 0 Å². The Morgan fingerprint density at radius 3 is 2.62 bits per heavy atom. The van der Waals surface area contributed by atoms with E-state index >= 15 is 0 Å². The van der Waals surface area contributed by atoms with Gasteiger partial charge in [-0.05, 0) is 13.3 Å². The predicted octanol–water partition coefficient (Wildman–Crippen LogP) is -0.677. The molecule has 2 N–H and O–H groups in total. The number of ether oxygens (including phenoxy) is 1. The fourth-order valence-corrected chi connectivity index (χ4v) is 1.80. The van der Waals surface area contributed by atoms with E-state index in [1.807, 2.05) is 0 Å². The number of aliphatic hydroxyl groups is 1. The molecule has 5 nitrogen and oxygen atoms in total. The van der Waals surface area contributed by atoms with Gasteiger partial charge in [0.2, 0.25) is 10.0 Å². The zero-order valence-electron chi connectivity index (χ0n) is 7.99. The van der Waals surface area contributed by atoms with Gasteiger partial charge in [0.15, 0.2) is 0 Å². The maximum Gasteiger partial charge on any atom is 0.211 e. The number of aliphatic hydroxyl groups excluding tert-OH is 1. The molecule has 0 aromatic carbocycles. The maximum atomic E-state index is 11.1. The third kappa shape index (κ3) is 6.94. The molecule has 0 spiro atoms. The van der Waals surface area contributed by atoms with Crippen LogP contribution in [0.1, 0.15) is 13.3 Å². The molecular formula is C7H17NO4S. The lowest BCUT2D eigenvalue weighted by molar-refractivity contribution is 0.122. The van der Waals surface area contributed by atoms with Gasteiger partial charge >= 0.3 is 0 Å². The Hall–Kier alpha value is -0.170. The first-order chi connectivity index (χ1) is 6.02. The molecule has 0 rings (SSSR count). The van der Waals surface area contributed by atoms with Crippen molar-refractivity contribution in [2.75, 3.05) is 26.0 Å². The minimum absolute atomic E-state index is 0.0417. The van der Waals surface area contributed by atoms with Crippen molar-refractivity contribution in [2.24, 2.45) is 0 Å². The summed E-state index contributed by atoms with van der Waals surface area (Å²) in [5.41, 5.74) is 0. The van der Waals surface area contributed by atoms with Crippen molar-refractivity contribution in [3.05, 3.63) is 0 Å². The highest BCUT2D eigenvalue weighted by atomic mass is 32.2. The Bertz CT molecular complexity index is 215. The van der Waals surface area contributed by atoms with Gasteiger partial charge in [-0.3, -0.25) is 0 Å². The van der Waals surface area contributed by atoms with E-state index in [1.54, 1.807) is 6.92 Å². The Balaban J connectivity index is 3.76. The molecule has 6 heteroatoms. The minimum Gasteiger partial charge on any atom is -0.396 e. The number of sulfonamides is 1. The van der Waals surface area contributed by atoms with Crippen molar-refractivity contribution < 1.29 is 18.3 Å². The molecule has 0 radical (unpaired) electrons. The van der Waals surface area contributed by atoms with E-state index in [2.05, 4.69) is 4.72 Å². The van der Waals surface area contributed by atoms with E-state index in [4.69, 9.17) is 9.84 Å². The molecule has 1 unspecified atom stereocenters. The van der Waals surface area contributed by atoms with Crippen LogP contribution in [0.5, 0.6) is 0 Å². The first kappa shape index (κ1) is 12.8. The molecule has 0 aliphatic heterocycles. The van der Waals surface area contributed by atoms with Crippen LogP contribution in [0.15, 0.2) is 0 Å². The summed E-state index contributed by atoms with van der Waals surface area (Å²) in [7, 11) is -1.72. The van der Waals surface area contributed by atoms with Gasteiger partial charge < -0.3 is 9.84 Å². The normalized spacial score (nSPS) is 14.4. The molecule has 13 heavy (non-hydrogen) atoms. The standard InChI is InChI=1S/C7H17NO4S/c1-7(12-2)6-8-13(10,11)5-3-4-9/h7-9H,3-6H2,1-2H3. The second-order valence-electron chi connectivity index (χ2n) is 2.79. The van der Waals surface area contributed by atoms with Gasteiger partial charge in [-0.2, -0.15) is 0 Å². The summed E-state index contributed by atoms with van der Waals surface area (Å²) in [4.78, 5) is 0. The van der Waals surface area contributed by atoms with Crippen LogP contribution >= 0.6 is 0 Å². The molecule has 0 heterocycles. The average molecular weight is 211 g/mol. The van der Waals surface area contributed by atoms with E-state index in [1.165, 1.54) is 7.11 Å². The van der Waals surface area contributed by atoms with E-state index in [0.717, 1.165) is 0 Å². The monoisotopic (exact) mass is 211 g/mol. The molecule has 1 atom stereocenters. The van der Waals surface area contributed by atoms with E-state index in [0.29, 0.717) is 0 Å². The summed E-state index contributed by atoms with van der Waals surface area (Å²) in [5, 5.41) is 8.44. The highest BCUT2D eigenvalue weighted by Crippen LogP contribution is 1.91. The Kier molecular flexibility index (Phi) is 6.23. The molecule has 0 aliphatic rings. The van der Waals surface area contributed by atoms with Gasteiger partial charge in [0.05, 0.1) is 11.9 Å². The van der Waals surface area contributed by atoms with Crippen LogP contribution in [0.4, 0.5) is 0 Å². The number of rotatable bonds is 7. The lowest BCUT2D eigenvalue weighted by Gasteiger charge is -2.10. The van der Waals surface area contributed by atoms with Gasteiger partial charge in [-0.1, -0.05) is 0 Å². The second kappa shape index (κ2) is 6.31. The summed E-state index contributed by atoms with van der Waals surface area (Å²) in [6.45, 7) is 1.93. The summed E-state index contributed by atoms with van der Waals surface area (Å²) in [6, 6.07) is 0. The largest absolute Gasteiger partial charge is 0.396 e. The molecule has 0 saturated carbocycles. The Morgan fingerprint density at radius 2 is 2.15 bits per heavy atom. The third-order valence-corrected chi connectivity index (χ3v) is 3.00. The van der Waals surface area contributed by atoms with Crippen molar-refractivity contribution >= 4 is 10.0 Å². The zero-order valence-corrected chi connectivity index (χ0v) is 8.80. The average Bonchev–Trinajstić information content (AvgIpc) is 2.11. The number of hydrogen-bond donors (Lipinski definition) is 2. The SMILES string of the molecule is COC(C)CNS(=O)(=O)CCCO. The highest BCUT2D eigenvalue weighted by molar-refractivity contribution is 7.89. The summed E-state index contributed by atoms with van der Waals surface area (Å²) in [6.07, 6.45) is 0.125. The Morgan fingerprint density at radius 1 is 1.54 bits per heavy atom. The van der Waals surface area contributed by atoms with E-state index in [-0.39, 0.29) is 31.4 Å². The van der Waals surface area contributed by atoms with Crippen LogP contribution in [-0.4, -0.2) is 45.6 Å². The summed E-state index contributed by atoms with van der Waals surface area (Å²) < 4.78 is 29.5. The van der Waals surface area contributed by atoms with Crippen LogP contribution in [0.25, 0.3) is 0 Å². The van der Waals surface area contributed by atoms with Crippen LogP contribution in [-0.2, 0) is 14.8 Å². The van der Waals surface area contributed by atoms with Crippen molar-refractivity contribution in [1.29, 1.82) is 0 Å². The second-order valence-corrected chi connectivity index (χ2v) is 4.72. The lowest BCUT2D eigenvalue weighted by atomic mass is 10.4. The molecular weight excluding hydrogens is 194 g/mol. The summed E-state index contributed by atoms with van der Waals surface area (Å²) >= 11 is 0. The molecule has 0 fully saturated rings. The molecule has 0 aromatic heterocycles. The zero-order chi connectivity index (χ0) is 10.3. The molecule has 80 valence electrons. The van der Waals surface area contributed by atoms with Crippen LogP contribution < -0.4 is 4.72 Å². The highest BCUT2D eigenvalue weighted by Gasteiger charge is 2.10. The Labute approximate surface area is 79.1 Å². The van der Waals surface area contributed by atoms with Gasteiger partial charge in [-0.25, -0.2) is 13.1 Å². The van der Waals surface area contributed by atoms with Gasteiger partial charge in [0, 0.05) is 20.3 Å². The fraction of sp³-hybridized carbons (Fsp3) is 1.00. The first-order valence-electron chi connectivity index (χ1n) is 4.13. The van der Waals surface area contributed by atoms with Crippen LogP contribution in [0.3, 0.4) is 0 Å². The van der Waals surface area contributed by atoms with Gasteiger partial charge in [0.25, 0.3) is 0 Å². The number of hydrogen-bond acceptors (Lipinski definition) is 4. The van der Waals surface area contributed by atoms with Crippen molar-refractivity contribution in [3.63, 3.8) is 0 Å². The first-order valence-corrected chi connectivity index (χ1v) is 5.78. The van der Waals surface area contributed by atoms with Crippen LogP contribution in [0.2, 0.25) is 0 Å². The number of methoxy groups -OCH3 is 1. The molecule has 0 aromatic rings. The fourth-order valence-electron chi connectivity index (χ4n) is 0.654. The molecule has 0 aliphatic carbocycles.